The highest BCUT2D eigenvalue weighted by Gasteiger charge is 2.49. The molecule has 0 saturated heterocycles. The van der Waals surface area contributed by atoms with Gasteiger partial charge in [0.05, 0.1) is 0 Å². The van der Waals surface area contributed by atoms with Gasteiger partial charge in [-0.25, -0.2) is 0 Å². The summed E-state index contributed by atoms with van der Waals surface area (Å²) in [4.78, 5) is 8.89. The molecule has 0 aliphatic rings. The fraction of sp³-hybridized carbons (Fsp3) is 0.136. The Balaban J connectivity index is 0.000000552. The smallest absolute Gasteiger partial charge is 0.153 e. The summed E-state index contributed by atoms with van der Waals surface area (Å²) in [7, 11) is -1.86. The van der Waals surface area contributed by atoms with Crippen molar-refractivity contribution in [1.82, 2.24) is 0 Å². The number of carbonyl (C=O) groups is 1. The van der Waals surface area contributed by atoms with Crippen LogP contribution in [0, 0.1) is 0 Å². The van der Waals surface area contributed by atoms with Gasteiger partial charge in [-0.1, -0.05) is 66.2 Å². The number of carboxylic acid groups (broad SMARTS) is 1. The van der Waals surface area contributed by atoms with Crippen LogP contribution in [0.1, 0.15) is 13.8 Å². The summed E-state index contributed by atoms with van der Waals surface area (Å²) in [5, 5.41) is 12.9. The largest absolute Gasteiger partial charge is 0.550 e. The lowest BCUT2D eigenvalue weighted by atomic mass is 10.4. The van der Waals surface area contributed by atoms with E-state index in [1.165, 1.54) is 15.9 Å². The Bertz CT molecular complexity index is 705. The van der Waals surface area contributed by atoms with Crippen molar-refractivity contribution in [3.8, 4) is 0 Å². The Labute approximate surface area is 160 Å². The molecule has 0 heterocycles. The molecule has 0 fully saturated rings. The van der Waals surface area contributed by atoms with Crippen molar-refractivity contribution in [2.75, 3.05) is 0 Å². The predicted octanol–water partition coefficient (Wildman–Crippen LogP) is 3.32. The zero-order valence-corrected chi connectivity index (χ0v) is 16.5. The maximum absolute atomic E-state index is 8.89. The molecule has 0 N–H and O–H groups in total. The standard InChI is InChI=1S/C20H19ClP.C2H4O2/c1-17(21)22(18-11-5-2-6-12-18,19-13-7-3-8-14-19)20-15-9-4-10-16-20;1-2(3)4/h2-17H,1H3;1H3,(H,3,4)/q+1;/p-1. The van der Waals surface area contributed by atoms with Gasteiger partial charge in [-0.15, -0.1) is 0 Å². The second-order valence-corrected chi connectivity index (χ2v) is 10.5. The third-order valence-corrected chi connectivity index (χ3v) is 9.31. The molecule has 3 rings (SSSR count). The van der Waals surface area contributed by atoms with Crippen LogP contribution < -0.4 is 21.0 Å². The zero-order valence-electron chi connectivity index (χ0n) is 14.9. The van der Waals surface area contributed by atoms with Gasteiger partial charge in [0.25, 0.3) is 0 Å². The first-order chi connectivity index (χ1) is 12.5. The number of carbonyl (C=O) groups excluding carboxylic acids is 1. The molecule has 1 atom stereocenters. The number of halogens is 1. The molecule has 2 nitrogen and oxygen atoms in total. The van der Waals surface area contributed by atoms with Gasteiger partial charge in [0.2, 0.25) is 0 Å². The molecule has 3 aromatic carbocycles. The van der Waals surface area contributed by atoms with E-state index in [9.17, 15) is 0 Å². The molecule has 0 bridgehead atoms. The van der Waals surface area contributed by atoms with Crippen molar-refractivity contribution in [1.29, 1.82) is 0 Å². The lowest BCUT2D eigenvalue weighted by Gasteiger charge is -2.29. The van der Waals surface area contributed by atoms with Gasteiger partial charge in [0.15, 0.2) is 5.12 Å². The minimum absolute atomic E-state index is 0.0275. The first kappa shape index (κ1) is 20.2. The second kappa shape index (κ2) is 9.52. The van der Waals surface area contributed by atoms with E-state index in [2.05, 4.69) is 97.9 Å². The van der Waals surface area contributed by atoms with Gasteiger partial charge < -0.3 is 9.90 Å². The summed E-state index contributed by atoms with van der Waals surface area (Å²) in [6.45, 7) is 3.10. The van der Waals surface area contributed by atoms with Gasteiger partial charge in [0.1, 0.15) is 23.2 Å². The van der Waals surface area contributed by atoms with Crippen molar-refractivity contribution in [3.05, 3.63) is 91.0 Å². The van der Waals surface area contributed by atoms with Crippen molar-refractivity contribution in [3.63, 3.8) is 0 Å². The topological polar surface area (TPSA) is 40.1 Å². The third kappa shape index (κ3) is 4.52. The Morgan fingerprint density at radius 3 is 1.19 bits per heavy atom. The molecular formula is C22H22ClO2P. The molecule has 0 spiro atoms. The highest BCUT2D eigenvalue weighted by atomic mass is 35.5. The van der Waals surface area contributed by atoms with E-state index in [4.69, 9.17) is 21.5 Å². The van der Waals surface area contributed by atoms with E-state index >= 15 is 0 Å². The SMILES string of the molecule is CC(=O)[O-].CC(Cl)[P+](c1ccccc1)(c1ccccc1)c1ccccc1. The van der Waals surface area contributed by atoms with Gasteiger partial charge in [-0.05, 0) is 50.2 Å². The fourth-order valence-electron chi connectivity index (χ4n) is 3.05. The molecule has 0 aliphatic heterocycles. The van der Waals surface area contributed by atoms with Crippen LogP contribution in [0.15, 0.2) is 91.0 Å². The molecule has 0 amide bonds. The summed E-state index contributed by atoms with van der Waals surface area (Å²) in [6, 6.07) is 32.1. The van der Waals surface area contributed by atoms with Gasteiger partial charge in [-0.2, -0.15) is 0 Å². The number of hydrogen-bond donors (Lipinski definition) is 0. The van der Waals surface area contributed by atoms with Crippen LogP contribution in [0.3, 0.4) is 0 Å². The number of carboxylic acids is 1. The summed E-state index contributed by atoms with van der Waals surface area (Å²) >= 11 is 6.85. The Hall–Kier alpha value is -2.15. The van der Waals surface area contributed by atoms with E-state index < -0.39 is 13.2 Å². The number of hydrogen-bond acceptors (Lipinski definition) is 2. The van der Waals surface area contributed by atoms with Crippen molar-refractivity contribution in [2.45, 2.75) is 19.0 Å². The van der Waals surface area contributed by atoms with Crippen molar-refractivity contribution in [2.24, 2.45) is 0 Å². The molecule has 0 aromatic heterocycles. The van der Waals surface area contributed by atoms with Crippen LogP contribution >= 0.6 is 18.9 Å². The quantitative estimate of drug-likeness (QED) is 0.511. The fourth-order valence-corrected chi connectivity index (χ4v) is 8.12. The van der Waals surface area contributed by atoms with Crippen LogP contribution in [-0.4, -0.2) is 11.1 Å². The van der Waals surface area contributed by atoms with Crippen LogP contribution in [-0.2, 0) is 4.79 Å². The minimum atomic E-state index is -1.86. The van der Waals surface area contributed by atoms with Gasteiger partial charge in [0, 0.05) is 5.97 Å². The second-order valence-electron chi connectivity index (χ2n) is 5.79. The predicted molar refractivity (Wildman–Crippen MR) is 111 cm³/mol. The molecular weight excluding hydrogens is 363 g/mol. The van der Waals surface area contributed by atoms with E-state index in [1.54, 1.807) is 0 Å². The molecule has 0 radical (unpaired) electrons. The average Bonchev–Trinajstić information content (AvgIpc) is 2.64. The minimum Gasteiger partial charge on any atom is -0.550 e. The molecule has 26 heavy (non-hydrogen) atoms. The summed E-state index contributed by atoms with van der Waals surface area (Å²) in [5.41, 5.74) is 0. The van der Waals surface area contributed by atoms with Crippen molar-refractivity contribution >= 4 is 40.7 Å². The van der Waals surface area contributed by atoms with Crippen LogP contribution in [0.5, 0.6) is 0 Å². The van der Waals surface area contributed by atoms with E-state index in [0.29, 0.717) is 0 Å². The molecule has 3 aromatic rings. The summed E-state index contributed by atoms with van der Waals surface area (Å²) < 4.78 is 0. The normalized spacial score (nSPS) is 11.8. The van der Waals surface area contributed by atoms with E-state index in [-0.39, 0.29) is 5.12 Å². The molecule has 1 unspecified atom stereocenters. The molecule has 0 saturated carbocycles. The first-order valence-electron chi connectivity index (χ1n) is 8.36. The lowest BCUT2D eigenvalue weighted by Crippen LogP contribution is -2.35. The van der Waals surface area contributed by atoms with Crippen LogP contribution in [0.2, 0.25) is 0 Å². The average molecular weight is 385 g/mol. The van der Waals surface area contributed by atoms with Gasteiger partial charge >= 0.3 is 0 Å². The van der Waals surface area contributed by atoms with Crippen molar-refractivity contribution < 1.29 is 9.90 Å². The van der Waals surface area contributed by atoms with E-state index in [0.717, 1.165) is 6.92 Å². The van der Waals surface area contributed by atoms with E-state index in [1.807, 2.05) is 0 Å². The number of alkyl halides is 1. The number of benzene rings is 3. The van der Waals surface area contributed by atoms with Crippen LogP contribution in [0.4, 0.5) is 0 Å². The Morgan fingerprint density at radius 1 is 0.769 bits per heavy atom. The Morgan fingerprint density at radius 2 is 1.00 bits per heavy atom. The zero-order chi connectivity index (χ0) is 19.0. The number of aliphatic carboxylic acids is 1. The molecule has 4 heteroatoms. The number of rotatable bonds is 4. The Kier molecular flexibility index (Phi) is 7.38. The highest BCUT2D eigenvalue weighted by molar-refractivity contribution is 7.97. The maximum atomic E-state index is 8.89. The molecule has 134 valence electrons. The monoisotopic (exact) mass is 384 g/mol. The van der Waals surface area contributed by atoms with Crippen LogP contribution in [0.25, 0.3) is 0 Å². The maximum Gasteiger partial charge on any atom is 0.153 e. The highest BCUT2D eigenvalue weighted by Crippen LogP contribution is 2.60. The summed E-state index contributed by atoms with van der Waals surface area (Å²) in [6.07, 6.45) is 0. The first-order valence-corrected chi connectivity index (χ1v) is 10.7. The summed E-state index contributed by atoms with van der Waals surface area (Å²) in [5.74, 6) is -1.08. The third-order valence-electron chi connectivity index (χ3n) is 4.02. The molecule has 0 aliphatic carbocycles. The van der Waals surface area contributed by atoms with Gasteiger partial charge in [-0.3, -0.25) is 0 Å². The lowest BCUT2D eigenvalue weighted by molar-refractivity contribution is -0.302.